The minimum atomic E-state index is -0.110. The van der Waals surface area contributed by atoms with Crippen LogP contribution < -0.4 is 15.8 Å². The molecule has 0 bridgehead atoms. The van der Waals surface area contributed by atoms with Gasteiger partial charge in [-0.15, -0.1) is 0 Å². The van der Waals surface area contributed by atoms with E-state index in [1.54, 1.807) is 25.3 Å². The summed E-state index contributed by atoms with van der Waals surface area (Å²) < 4.78 is 5.03. The maximum absolute atomic E-state index is 11.7. The Bertz CT molecular complexity index is 396. The Labute approximate surface area is 106 Å². The summed E-state index contributed by atoms with van der Waals surface area (Å²) in [5.41, 5.74) is 6.06. The lowest BCUT2D eigenvalue weighted by Crippen LogP contribution is -2.22. The Kier molecular flexibility index (Phi) is 5.25. The van der Waals surface area contributed by atoms with Crippen LogP contribution in [0.1, 0.15) is 13.3 Å². The highest BCUT2D eigenvalue weighted by atomic mass is 35.5. The van der Waals surface area contributed by atoms with Gasteiger partial charge in [0.1, 0.15) is 5.75 Å². The molecule has 0 saturated heterocycles. The third kappa shape index (κ3) is 3.91. The first-order valence-corrected chi connectivity index (χ1v) is 5.80. The van der Waals surface area contributed by atoms with E-state index in [0.717, 1.165) is 0 Å². The van der Waals surface area contributed by atoms with Crippen LogP contribution in [0.25, 0.3) is 0 Å². The van der Waals surface area contributed by atoms with E-state index in [4.69, 9.17) is 22.1 Å². The molecule has 1 atom stereocenters. The molecule has 1 aromatic rings. The van der Waals surface area contributed by atoms with Crippen LogP contribution in [0.15, 0.2) is 18.2 Å². The van der Waals surface area contributed by atoms with Crippen LogP contribution in [0.3, 0.4) is 0 Å². The van der Waals surface area contributed by atoms with Gasteiger partial charge < -0.3 is 15.8 Å². The Morgan fingerprint density at radius 1 is 1.59 bits per heavy atom. The maximum Gasteiger partial charge on any atom is 0.227 e. The highest BCUT2D eigenvalue weighted by molar-refractivity contribution is 6.32. The lowest BCUT2D eigenvalue weighted by Gasteiger charge is -2.12. The van der Waals surface area contributed by atoms with Crippen molar-refractivity contribution >= 4 is 23.2 Å². The summed E-state index contributed by atoms with van der Waals surface area (Å²) in [5.74, 6) is 0.414. The molecule has 1 amide bonds. The van der Waals surface area contributed by atoms with Gasteiger partial charge >= 0.3 is 0 Å². The fraction of sp³-hybridized carbons (Fsp3) is 0.417. The molecular formula is C12H17ClN2O2. The number of amides is 1. The molecule has 0 radical (unpaired) electrons. The summed E-state index contributed by atoms with van der Waals surface area (Å²) in [7, 11) is 1.54. The van der Waals surface area contributed by atoms with Gasteiger partial charge in [-0.2, -0.15) is 0 Å². The molecule has 0 aliphatic rings. The zero-order valence-corrected chi connectivity index (χ0v) is 10.8. The van der Waals surface area contributed by atoms with Crippen molar-refractivity contribution in [1.29, 1.82) is 0 Å². The number of rotatable bonds is 5. The van der Waals surface area contributed by atoms with Crippen molar-refractivity contribution in [2.75, 3.05) is 19.0 Å². The molecule has 3 N–H and O–H groups in total. The van der Waals surface area contributed by atoms with Crippen LogP contribution in [0.2, 0.25) is 5.02 Å². The fourth-order valence-electron chi connectivity index (χ4n) is 1.39. The van der Waals surface area contributed by atoms with Gasteiger partial charge in [-0.05, 0) is 31.2 Å². The molecule has 0 heterocycles. The third-order valence-electron chi connectivity index (χ3n) is 2.47. The quantitative estimate of drug-likeness (QED) is 0.849. The zero-order chi connectivity index (χ0) is 12.8. The molecule has 4 nitrogen and oxygen atoms in total. The second-order valence-electron chi connectivity index (χ2n) is 3.82. The number of halogens is 1. The first-order chi connectivity index (χ1) is 8.08. The number of ether oxygens (including phenoxy) is 1. The molecule has 0 aliphatic carbocycles. The van der Waals surface area contributed by atoms with Gasteiger partial charge in [-0.25, -0.2) is 0 Å². The van der Waals surface area contributed by atoms with E-state index in [1.165, 1.54) is 0 Å². The average molecular weight is 257 g/mol. The fourth-order valence-corrected chi connectivity index (χ4v) is 1.65. The van der Waals surface area contributed by atoms with Crippen molar-refractivity contribution < 1.29 is 9.53 Å². The van der Waals surface area contributed by atoms with Crippen LogP contribution in [-0.4, -0.2) is 19.6 Å². The molecule has 0 fully saturated rings. The number of anilines is 1. The van der Waals surface area contributed by atoms with Gasteiger partial charge in [-0.3, -0.25) is 4.79 Å². The van der Waals surface area contributed by atoms with Gasteiger partial charge in [0, 0.05) is 11.6 Å². The lowest BCUT2D eigenvalue weighted by atomic mass is 10.1. The Hall–Kier alpha value is -1.26. The minimum Gasteiger partial charge on any atom is -0.495 e. The molecule has 0 aromatic heterocycles. The van der Waals surface area contributed by atoms with E-state index in [1.807, 2.05) is 6.92 Å². The van der Waals surface area contributed by atoms with E-state index in [-0.39, 0.29) is 11.8 Å². The second-order valence-corrected chi connectivity index (χ2v) is 4.22. The maximum atomic E-state index is 11.7. The smallest absolute Gasteiger partial charge is 0.227 e. The molecule has 17 heavy (non-hydrogen) atoms. The van der Waals surface area contributed by atoms with Gasteiger partial charge in [0.25, 0.3) is 0 Å². The standard InChI is InChI=1S/C12H17ClN2O2/c1-8(5-6-14)12(16)15-9-3-4-11(17-2)10(13)7-9/h3-4,7-8H,5-6,14H2,1-2H3,(H,15,16). The number of hydrogen-bond donors (Lipinski definition) is 2. The van der Waals surface area contributed by atoms with Crippen LogP contribution in [0.5, 0.6) is 5.75 Å². The zero-order valence-electron chi connectivity index (χ0n) is 10.00. The lowest BCUT2D eigenvalue weighted by molar-refractivity contribution is -0.119. The number of benzene rings is 1. The third-order valence-corrected chi connectivity index (χ3v) is 2.76. The predicted octanol–water partition coefficient (Wildman–Crippen LogP) is 2.27. The second kappa shape index (κ2) is 6.47. The first kappa shape index (κ1) is 13.8. The van der Waals surface area contributed by atoms with Crippen molar-refractivity contribution in [1.82, 2.24) is 0 Å². The van der Waals surface area contributed by atoms with Gasteiger partial charge in [-0.1, -0.05) is 18.5 Å². The molecule has 1 unspecified atom stereocenters. The molecular weight excluding hydrogens is 240 g/mol. The van der Waals surface area contributed by atoms with Crippen LogP contribution >= 0.6 is 11.6 Å². The highest BCUT2D eigenvalue weighted by Crippen LogP contribution is 2.27. The van der Waals surface area contributed by atoms with E-state index < -0.39 is 0 Å². The Morgan fingerprint density at radius 2 is 2.29 bits per heavy atom. The van der Waals surface area contributed by atoms with Crippen LogP contribution in [0.4, 0.5) is 5.69 Å². The summed E-state index contributed by atoms with van der Waals surface area (Å²) in [6.07, 6.45) is 0.662. The molecule has 0 aliphatic heterocycles. The summed E-state index contributed by atoms with van der Waals surface area (Å²) in [4.78, 5) is 11.7. The largest absolute Gasteiger partial charge is 0.495 e. The van der Waals surface area contributed by atoms with E-state index >= 15 is 0 Å². The molecule has 94 valence electrons. The van der Waals surface area contributed by atoms with Crippen molar-refractivity contribution in [3.63, 3.8) is 0 Å². The van der Waals surface area contributed by atoms with Gasteiger partial charge in [0.05, 0.1) is 12.1 Å². The number of nitrogens with two attached hydrogens (primary N) is 1. The van der Waals surface area contributed by atoms with Crippen molar-refractivity contribution in [3.05, 3.63) is 23.2 Å². The number of methoxy groups -OCH3 is 1. The normalized spacial score (nSPS) is 12.0. The number of nitrogens with one attached hydrogen (secondary N) is 1. The number of hydrogen-bond acceptors (Lipinski definition) is 3. The van der Waals surface area contributed by atoms with Crippen molar-refractivity contribution in [2.45, 2.75) is 13.3 Å². The van der Waals surface area contributed by atoms with E-state index in [0.29, 0.717) is 29.4 Å². The average Bonchev–Trinajstić information content (AvgIpc) is 2.29. The summed E-state index contributed by atoms with van der Waals surface area (Å²) >= 11 is 5.96. The van der Waals surface area contributed by atoms with Gasteiger partial charge in [0.15, 0.2) is 0 Å². The van der Waals surface area contributed by atoms with Crippen LogP contribution in [-0.2, 0) is 4.79 Å². The monoisotopic (exact) mass is 256 g/mol. The Balaban J connectivity index is 2.69. The summed E-state index contributed by atoms with van der Waals surface area (Å²) in [6, 6.07) is 5.12. The van der Waals surface area contributed by atoms with E-state index in [2.05, 4.69) is 5.32 Å². The number of carbonyl (C=O) groups excluding carboxylic acids is 1. The minimum absolute atomic E-state index is 0.0586. The first-order valence-electron chi connectivity index (χ1n) is 5.43. The molecule has 5 heteroatoms. The molecule has 1 aromatic carbocycles. The molecule has 0 spiro atoms. The summed E-state index contributed by atoms with van der Waals surface area (Å²) in [5, 5.41) is 3.25. The van der Waals surface area contributed by atoms with Crippen LogP contribution in [0, 0.1) is 5.92 Å². The topological polar surface area (TPSA) is 64.3 Å². The molecule has 0 saturated carbocycles. The van der Waals surface area contributed by atoms with E-state index in [9.17, 15) is 4.79 Å². The SMILES string of the molecule is COc1ccc(NC(=O)C(C)CCN)cc1Cl. The van der Waals surface area contributed by atoms with Crippen molar-refractivity contribution in [2.24, 2.45) is 11.7 Å². The predicted molar refractivity (Wildman–Crippen MR) is 69.5 cm³/mol. The van der Waals surface area contributed by atoms with Gasteiger partial charge in [0.2, 0.25) is 5.91 Å². The highest BCUT2D eigenvalue weighted by Gasteiger charge is 2.12. The summed E-state index contributed by atoms with van der Waals surface area (Å²) in [6.45, 7) is 2.34. The number of carbonyl (C=O) groups is 1. The molecule has 1 rings (SSSR count). The van der Waals surface area contributed by atoms with Crippen molar-refractivity contribution in [3.8, 4) is 5.75 Å². The Morgan fingerprint density at radius 3 is 2.82 bits per heavy atom.